The summed E-state index contributed by atoms with van der Waals surface area (Å²) in [6.45, 7) is 6.88. The Labute approximate surface area is 133 Å². The number of ether oxygens (including phenoxy) is 1. The van der Waals surface area contributed by atoms with Crippen LogP contribution in [0.4, 0.5) is 0 Å². The second kappa shape index (κ2) is 6.97. The molecule has 2 heteroatoms. The molecule has 0 saturated heterocycles. The van der Waals surface area contributed by atoms with Crippen LogP contribution >= 0.6 is 0 Å². The molecule has 3 rings (SSSR count). The molecule has 0 amide bonds. The Morgan fingerprint density at radius 3 is 2.95 bits per heavy atom. The van der Waals surface area contributed by atoms with E-state index in [-0.39, 0.29) is 6.23 Å². The molecule has 0 fully saturated rings. The zero-order valence-electron chi connectivity index (χ0n) is 13.4. The molecule has 0 N–H and O–H groups in total. The highest BCUT2D eigenvalue weighted by Gasteiger charge is 2.24. The van der Waals surface area contributed by atoms with Crippen LogP contribution in [0.3, 0.4) is 0 Å². The summed E-state index contributed by atoms with van der Waals surface area (Å²) >= 11 is 0. The van der Waals surface area contributed by atoms with Gasteiger partial charge in [0, 0.05) is 11.1 Å². The van der Waals surface area contributed by atoms with E-state index in [9.17, 15) is 0 Å². The van der Waals surface area contributed by atoms with E-state index in [0.717, 1.165) is 25.9 Å². The fraction of sp³-hybridized carbons (Fsp3) is 0.400. The van der Waals surface area contributed by atoms with Crippen molar-refractivity contribution in [1.82, 2.24) is 4.57 Å². The maximum Gasteiger partial charge on any atom is 0.153 e. The van der Waals surface area contributed by atoms with E-state index in [1.807, 2.05) is 6.08 Å². The number of rotatable bonds is 7. The average molecular weight is 295 g/mol. The van der Waals surface area contributed by atoms with E-state index in [1.54, 1.807) is 0 Å². The Balaban J connectivity index is 1.87. The molecule has 1 aliphatic rings. The summed E-state index contributed by atoms with van der Waals surface area (Å²) in [7, 11) is 0. The molecule has 0 radical (unpaired) electrons. The lowest BCUT2D eigenvalue weighted by atomic mass is 10.1. The third-order valence-electron chi connectivity index (χ3n) is 4.40. The highest BCUT2D eigenvalue weighted by molar-refractivity contribution is 5.86. The normalized spacial score (nSPS) is 15.5. The molecule has 1 aromatic heterocycles. The fourth-order valence-corrected chi connectivity index (χ4v) is 3.45. The van der Waals surface area contributed by atoms with Crippen molar-refractivity contribution < 1.29 is 4.74 Å². The third kappa shape index (κ3) is 2.76. The van der Waals surface area contributed by atoms with Crippen molar-refractivity contribution in [2.45, 2.75) is 45.3 Å². The Morgan fingerprint density at radius 2 is 2.14 bits per heavy atom. The lowest BCUT2D eigenvalue weighted by Crippen LogP contribution is -2.13. The number of hydrogen-bond acceptors (Lipinski definition) is 1. The van der Waals surface area contributed by atoms with Crippen molar-refractivity contribution >= 4 is 10.9 Å². The Bertz CT molecular complexity index is 680. The standard InChI is InChI=1S/C20H25NO/c1-3-5-6-9-15-22-20(4-2)21-18-13-8-7-11-16(18)17-12-10-14-19(17)21/h4-8,11,13,20H,2-3,9-10,12,14-15H2,1H3/b6-5-/t20-/m0/s1. The van der Waals surface area contributed by atoms with Gasteiger partial charge < -0.3 is 9.30 Å². The van der Waals surface area contributed by atoms with Crippen molar-refractivity contribution in [2.75, 3.05) is 6.61 Å². The van der Waals surface area contributed by atoms with Crippen LogP contribution in [0.5, 0.6) is 0 Å². The topological polar surface area (TPSA) is 14.2 Å². The molecular formula is C20H25NO. The lowest BCUT2D eigenvalue weighted by Gasteiger charge is -2.19. The smallest absolute Gasteiger partial charge is 0.153 e. The average Bonchev–Trinajstić information content (AvgIpc) is 3.12. The molecule has 2 aromatic rings. The van der Waals surface area contributed by atoms with E-state index in [0.29, 0.717) is 0 Å². The summed E-state index contributed by atoms with van der Waals surface area (Å²) in [6, 6.07) is 8.67. The summed E-state index contributed by atoms with van der Waals surface area (Å²) in [5.74, 6) is 0. The largest absolute Gasteiger partial charge is 0.354 e. The van der Waals surface area contributed by atoms with E-state index in [4.69, 9.17) is 4.74 Å². The van der Waals surface area contributed by atoms with Crippen molar-refractivity contribution in [3.8, 4) is 0 Å². The number of para-hydroxylation sites is 1. The minimum atomic E-state index is -0.0678. The monoisotopic (exact) mass is 295 g/mol. The zero-order chi connectivity index (χ0) is 15.4. The van der Waals surface area contributed by atoms with Gasteiger partial charge in [-0.3, -0.25) is 0 Å². The summed E-state index contributed by atoms with van der Waals surface area (Å²) in [4.78, 5) is 0. The number of fused-ring (bicyclic) bond motifs is 3. The Kier molecular flexibility index (Phi) is 4.79. The van der Waals surface area contributed by atoms with Gasteiger partial charge in [-0.05, 0) is 49.8 Å². The van der Waals surface area contributed by atoms with Gasteiger partial charge in [-0.1, -0.05) is 43.9 Å². The highest BCUT2D eigenvalue weighted by Crippen LogP contribution is 2.35. The van der Waals surface area contributed by atoms with Gasteiger partial charge in [0.15, 0.2) is 6.23 Å². The third-order valence-corrected chi connectivity index (χ3v) is 4.40. The minimum absolute atomic E-state index is 0.0678. The van der Waals surface area contributed by atoms with Crippen molar-refractivity contribution in [1.29, 1.82) is 0 Å². The maximum absolute atomic E-state index is 6.11. The SMILES string of the molecule is C=C[C@H](OCC/C=C\CC)n1c2c(c3ccccc31)CCC2. The molecule has 2 nitrogen and oxygen atoms in total. The van der Waals surface area contributed by atoms with Crippen LogP contribution in [0.2, 0.25) is 0 Å². The van der Waals surface area contributed by atoms with Crippen LogP contribution in [-0.4, -0.2) is 11.2 Å². The number of hydrogen-bond donors (Lipinski definition) is 0. The van der Waals surface area contributed by atoms with E-state index in [1.165, 1.54) is 35.0 Å². The Morgan fingerprint density at radius 1 is 1.27 bits per heavy atom. The van der Waals surface area contributed by atoms with Crippen LogP contribution in [0.1, 0.15) is 43.7 Å². The molecule has 1 aromatic carbocycles. The van der Waals surface area contributed by atoms with Crippen LogP contribution in [-0.2, 0) is 17.6 Å². The second-order valence-corrected chi connectivity index (χ2v) is 5.83. The van der Waals surface area contributed by atoms with Crippen LogP contribution in [0.15, 0.2) is 49.1 Å². The molecule has 0 saturated carbocycles. The molecule has 0 unspecified atom stereocenters. The Hall–Kier alpha value is -1.80. The molecule has 116 valence electrons. The summed E-state index contributed by atoms with van der Waals surface area (Å²) in [5.41, 5.74) is 4.23. The van der Waals surface area contributed by atoms with Crippen molar-refractivity contribution in [2.24, 2.45) is 0 Å². The predicted octanol–water partition coefficient (Wildman–Crippen LogP) is 5.19. The van der Waals surface area contributed by atoms with Crippen molar-refractivity contribution in [3.05, 3.63) is 60.3 Å². The second-order valence-electron chi connectivity index (χ2n) is 5.83. The first kappa shape index (κ1) is 15.1. The number of allylic oxidation sites excluding steroid dienone is 1. The molecular weight excluding hydrogens is 270 g/mol. The first-order valence-corrected chi connectivity index (χ1v) is 8.36. The number of aromatic nitrogens is 1. The summed E-state index contributed by atoms with van der Waals surface area (Å²) in [6.07, 6.45) is 11.9. The zero-order valence-corrected chi connectivity index (χ0v) is 13.4. The van der Waals surface area contributed by atoms with Gasteiger partial charge in [0.2, 0.25) is 0 Å². The predicted molar refractivity (Wildman–Crippen MR) is 93.2 cm³/mol. The van der Waals surface area contributed by atoms with E-state index < -0.39 is 0 Å². The van der Waals surface area contributed by atoms with Crippen molar-refractivity contribution in [3.63, 3.8) is 0 Å². The molecule has 0 spiro atoms. The number of benzene rings is 1. The van der Waals surface area contributed by atoms with Crippen LogP contribution in [0, 0.1) is 0 Å². The van der Waals surface area contributed by atoms with Gasteiger partial charge in [0.25, 0.3) is 0 Å². The summed E-state index contributed by atoms with van der Waals surface area (Å²) in [5, 5.41) is 1.39. The highest BCUT2D eigenvalue weighted by atomic mass is 16.5. The molecule has 0 bridgehead atoms. The maximum atomic E-state index is 6.11. The quantitative estimate of drug-likeness (QED) is 0.506. The van der Waals surface area contributed by atoms with E-state index >= 15 is 0 Å². The molecule has 1 atom stereocenters. The lowest BCUT2D eigenvalue weighted by molar-refractivity contribution is 0.0424. The fourth-order valence-electron chi connectivity index (χ4n) is 3.45. The molecule has 1 aliphatic carbocycles. The van der Waals surface area contributed by atoms with E-state index in [2.05, 4.69) is 54.5 Å². The minimum Gasteiger partial charge on any atom is -0.354 e. The number of nitrogens with zero attached hydrogens (tertiary/aromatic N) is 1. The first-order chi connectivity index (χ1) is 10.9. The van der Waals surface area contributed by atoms with Gasteiger partial charge in [-0.2, -0.15) is 0 Å². The van der Waals surface area contributed by atoms with Crippen LogP contribution in [0.25, 0.3) is 10.9 Å². The molecule has 22 heavy (non-hydrogen) atoms. The van der Waals surface area contributed by atoms with Gasteiger partial charge in [0.05, 0.1) is 12.1 Å². The number of aryl methyl sites for hydroxylation is 1. The van der Waals surface area contributed by atoms with Gasteiger partial charge in [0.1, 0.15) is 0 Å². The molecule has 1 heterocycles. The van der Waals surface area contributed by atoms with Gasteiger partial charge in [-0.25, -0.2) is 0 Å². The van der Waals surface area contributed by atoms with Gasteiger partial charge in [-0.15, -0.1) is 0 Å². The molecule has 0 aliphatic heterocycles. The van der Waals surface area contributed by atoms with Crippen LogP contribution < -0.4 is 0 Å². The summed E-state index contributed by atoms with van der Waals surface area (Å²) < 4.78 is 8.46. The first-order valence-electron chi connectivity index (χ1n) is 8.36. The van der Waals surface area contributed by atoms with Gasteiger partial charge >= 0.3 is 0 Å².